The molecule has 1 fully saturated rings. The molecule has 2 aromatic rings. The van der Waals surface area contributed by atoms with Crippen LogP contribution in [-0.4, -0.2) is 72.3 Å². The van der Waals surface area contributed by atoms with E-state index in [0.717, 1.165) is 25.2 Å². The van der Waals surface area contributed by atoms with Gasteiger partial charge in [0.2, 0.25) is 5.91 Å². The summed E-state index contributed by atoms with van der Waals surface area (Å²) in [6.07, 6.45) is -0.716. The van der Waals surface area contributed by atoms with Gasteiger partial charge in [0.05, 0.1) is 6.54 Å². The van der Waals surface area contributed by atoms with Crippen LogP contribution in [0.2, 0.25) is 0 Å². The van der Waals surface area contributed by atoms with Crippen molar-refractivity contribution in [2.45, 2.75) is 32.5 Å². The molecule has 0 aliphatic carbocycles. The number of benzene rings is 2. The Morgan fingerprint density at radius 3 is 2.68 bits per heavy atom. The molecule has 2 aromatic carbocycles. The number of hydrogen-bond donors (Lipinski definition) is 2. The molecular formula is C24H32FN3O3. The summed E-state index contributed by atoms with van der Waals surface area (Å²) in [5, 5.41) is 13.3. The van der Waals surface area contributed by atoms with Crippen molar-refractivity contribution in [1.82, 2.24) is 15.1 Å². The molecule has 1 heterocycles. The number of rotatable bonds is 9. The van der Waals surface area contributed by atoms with Crippen molar-refractivity contribution >= 4 is 5.91 Å². The average Bonchev–Trinajstić information content (AvgIpc) is 2.75. The number of piperazine rings is 1. The number of hydrogen-bond acceptors (Lipinski definition) is 5. The minimum Gasteiger partial charge on any atom is -0.488 e. The number of carbonyl (C=O) groups is 1. The van der Waals surface area contributed by atoms with Gasteiger partial charge in [0, 0.05) is 38.8 Å². The van der Waals surface area contributed by atoms with E-state index in [9.17, 15) is 14.3 Å². The van der Waals surface area contributed by atoms with Gasteiger partial charge >= 0.3 is 0 Å². The SMILES string of the molecule is Cc1ccc(CNC(=O)CN2CCN(C[C@@H](O)COc3ccccc3F)[C@@H](C)C2)cc1. The number of β-amino-alcohol motifs (C(OH)–C–C–N with tert-alkyl or cyclic N) is 1. The molecule has 1 amide bonds. The molecule has 7 heteroatoms. The molecule has 0 radical (unpaired) electrons. The molecular weight excluding hydrogens is 397 g/mol. The van der Waals surface area contributed by atoms with Gasteiger partial charge in [-0.2, -0.15) is 0 Å². The second-order valence-electron chi connectivity index (χ2n) is 8.24. The predicted octanol–water partition coefficient (Wildman–Crippen LogP) is 2.20. The fraction of sp³-hybridized carbons (Fsp3) is 0.458. The molecule has 1 saturated heterocycles. The summed E-state index contributed by atoms with van der Waals surface area (Å²) >= 11 is 0. The number of nitrogens with zero attached hydrogens (tertiary/aromatic N) is 2. The van der Waals surface area contributed by atoms with Gasteiger partial charge in [-0.1, -0.05) is 42.0 Å². The monoisotopic (exact) mass is 429 g/mol. The van der Waals surface area contributed by atoms with Crippen molar-refractivity contribution in [3.8, 4) is 5.75 Å². The van der Waals surface area contributed by atoms with E-state index >= 15 is 0 Å². The number of aliphatic hydroxyl groups excluding tert-OH is 1. The molecule has 0 aromatic heterocycles. The highest BCUT2D eigenvalue weighted by Crippen LogP contribution is 2.16. The number of para-hydroxylation sites is 1. The van der Waals surface area contributed by atoms with E-state index in [1.54, 1.807) is 18.2 Å². The smallest absolute Gasteiger partial charge is 0.234 e. The molecule has 0 unspecified atom stereocenters. The van der Waals surface area contributed by atoms with Crippen LogP contribution in [0.1, 0.15) is 18.1 Å². The lowest BCUT2D eigenvalue weighted by molar-refractivity contribution is -0.123. The van der Waals surface area contributed by atoms with E-state index in [2.05, 4.69) is 22.0 Å². The van der Waals surface area contributed by atoms with E-state index in [-0.39, 0.29) is 24.3 Å². The topological polar surface area (TPSA) is 65.0 Å². The maximum atomic E-state index is 13.6. The van der Waals surface area contributed by atoms with Crippen LogP contribution in [-0.2, 0) is 11.3 Å². The summed E-state index contributed by atoms with van der Waals surface area (Å²) in [5.74, 6) is -0.270. The molecule has 0 saturated carbocycles. The van der Waals surface area contributed by atoms with Crippen LogP contribution in [0.5, 0.6) is 5.75 Å². The Morgan fingerprint density at radius 2 is 1.97 bits per heavy atom. The zero-order chi connectivity index (χ0) is 22.2. The third kappa shape index (κ3) is 7.31. The highest BCUT2D eigenvalue weighted by Gasteiger charge is 2.26. The Bertz CT molecular complexity index is 846. The van der Waals surface area contributed by atoms with E-state index in [0.29, 0.717) is 19.6 Å². The summed E-state index contributed by atoms with van der Waals surface area (Å²) in [4.78, 5) is 16.6. The third-order valence-electron chi connectivity index (χ3n) is 5.54. The van der Waals surface area contributed by atoms with E-state index in [1.807, 2.05) is 31.2 Å². The molecule has 0 bridgehead atoms. The van der Waals surface area contributed by atoms with Crippen molar-refractivity contribution in [3.05, 3.63) is 65.5 Å². The van der Waals surface area contributed by atoms with Crippen molar-refractivity contribution in [2.24, 2.45) is 0 Å². The van der Waals surface area contributed by atoms with Crippen molar-refractivity contribution < 1.29 is 19.0 Å². The van der Waals surface area contributed by atoms with Gasteiger partial charge in [-0.25, -0.2) is 4.39 Å². The first-order valence-corrected chi connectivity index (χ1v) is 10.7. The Balaban J connectivity index is 1.37. The van der Waals surface area contributed by atoms with Crippen LogP contribution in [0.15, 0.2) is 48.5 Å². The number of aryl methyl sites for hydroxylation is 1. The van der Waals surface area contributed by atoms with Crippen molar-refractivity contribution in [1.29, 1.82) is 0 Å². The number of aliphatic hydroxyl groups is 1. The second kappa shape index (κ2) is 11.2. The Kier molecular flexibility index (Phi) is 8.40. The van der Waals surface area contributed by atoms with Crippen LogP contribution in [0.4, 0.5) is 4.39 Å². The van der Waals surface area contributed by atoms with E-state index in [1.165, 1.54) is 11.6 Å². The molecule has 1 aliphatic heterocycles. The standard InChI is InChI=1S/C24H32FN3O3/c1-18-7-9-20(10-8-18)13-26-24(30)16-27-11-12-28(19(2)14-27)15-21(29)17-31-23-6-4-3-5-22(23)25/h3-10,19,21,29H,11-17H2,1-2H3,(H,26,30)/t19-,21+/m0/s1. The third-order valence-corrected chi connectivity index (χ3v) is 5.54. The Labute approximate surface area is 183 Å². The highest BCUT2D eigenvalue weighted by molar-refractivity contribution is 5.78. The largest absolute Gasteiger partial charge is 0.488 e. The fourth-order valence-corrected chi connectivity index (χ4v) is 3.72. The molecule has 2 N–H and O–H groups in total. The summed E-state index contributed by atoms with van der Waals surface area (Å²) in [5.41, 5.74) is 2.29. The average molecular weight is 430 g/mol. The second-order valence-corrected chi connectivity index (χ2v) is 8.24. The normalized spacial score (nSPS) is 18.5. The van der Waals surface area contributed by atoms with Gasteiger partial charge in [-0.15, -0.1) is 0 Å². The van der Waals surface area contributed by atoms with Crippen molar-refractivity contribution in [3.63, 3.8) is 0 Å². The van der Waals surface area contributed by atoms with Crippen LogP contribution in [0.25, 0.3) is 0 Å². The molecule has 31 heavy (non-hydrogen) atoms. The first kappa shape index (κ1) is 23.2. The van der Waals surface area contributed by atoms with Crippen LogP contribution in [0.3, 0.4) is 0 Å². The zero-order valence-corrected chi connectivity index (χ0v) is 18.3. The molecule has 3 rings (SSSR count). The predicted molar refractivity (Wildman–Crippen MR) is 118 cm³/mol. The zero-order valence-electron chi connectivity index (χ0n) is 18.3. The summed E-state index contributed by atoms with van der Waals surface area (Å²) in [6.45, 7) is 7.76. The highest BCUT2D eigenvalue weighted by atomic mass is 19.1. The van der Waals surface area contributed by atoms with Gasteiger partial charge < -0.3 is 15.2 Å². The Morgan fingerprint density at radius 1 is 1.23 bits per heavy atom. The Hall–Kier alpha value is -2.48. The molecule has 6 nitrogen and oxygen atoms in total. The van der Waals surface area contributed by atoms with E-state index in [4.69, 9.17) is 4.74 Å². The first-order valence-electron chi connectivity index (χ1n) is 10.7. The minimum atomic E-state index is -0.716. The van der Waals surface area contributed by atoms with Gasteiger partial charge in [0.25, 0.3) is 0 Å². The number of amides is 1. The molecule has 0 spiro atoms. The lowest BCUT2D eigenvalue weighted by Crippen LogP contribution is -2.55. The number of nitrogens with one attached hydrogen (secondary N) is 1. The number of ether oxygens (including phenoxy) is 1. The molecule has 2 atom stereocenters. The van der Waals surface area contributed by atoms with Crippen LogP contribution in [0, 0.1) is 12.7 Å². The van der Waals surface area contributed by atoms with Gasteiger partial charge in [-0.3, -0.25) is 14.6 Å². The summed E-state index contributed by atoms with van der Waals surface area (Å²) in [7, 11) is 0. The number of halogens is 1. The lowest BCUT2D eigenvalue weighted by Gasteiger charge is -2.40. The molecule has 1 aliphatic rings. The summed E-state index contributed by atoms with van der Waals surface area (Å²) < 4.78 is 19.0. The maximum Gasteiger partial charge on any atom is 0.234 e. The first-order chi connectivity index (χ1) is 14.9. The van der Waals surface area contributed by atoms with Gasteiger partial charge in [0.15, 0.2) is 11.6 Å². The van der Waals surface area contributed by atoms with E-state index < -0.39 is 11.9 Å². The maximum absolute atomic E-state index is 13.6. The van der Waals surface area contributed by atoms with Crippen LogP contribution >= 0.6 is 0 Å². The quantitative estimate of drug-likeness (QED) is 0.640. The lowest BCUT2D eigenvalue weighted by atomic mass is 10.1. The van der Waals surface area contributed by atoms with Gasteiger partial charge in [0.1, 0.15) is 12.7 Å². The fourth-order valence-electron chi connectivity index (χ4n) is 3.72. The van der Waals surface area contributed by atoms with Crippen molar-refractivity contribution in [2.75, 3.05) is 39.3 Å². The minimum absolute atomic E-state index is 0.0135. The molecule has 168 valence electrons. The van der Waals surface area contributed by atoms with Crippen LogP contribution < -0.4 is 10.1 Å². The number of carbonyl (C=O) groups excluding carboxylic acids is 1. The van der Waals surface area contributed by atoms with Gasteiger partial charge in [-0.05, 0) is 31.5 Å². The summed E-state index contributed by atoms with van der Waals surface area (Å²) in [6, 6.07) is 14.5.